The Hall–Kier alpha value is -0.830. The van der Waals surface area contributed by atoms with Gasteiger partial charge in [0.05, 0.1) is 4.90 Å². The molecule has 0 radical (unpaired) electrons. The molecular formula is C9H13ClN2O4S2. The molecule has 0 amide bonds. The lowest BCUT2D eigenvalue weighted by Gasteiger charge is -2.10. The van der Waals surface area contributed by atoms with Crippen molar-refractivity contribution in [2.24, 2.45) is 0 Å². The van der Waals surface area contributed by atoms with Crippen molar-refractivity contribution in [3.63, 3.8) is 0 Å². The molecule has 1 aromatic carbocycles. The first kappa shape index (κ1) is 15.2. The molecule has 0 heterocycles. The zero-order valence-corrected chi connectivity index (χ0v) is 12.2. The third-order valence-electron chi connectivity index (χ3n) is 2.16. The Morgan fingerprint density at radius 1 is 1.22 bits per heavy atom. The lowest BCUT2D eigenvalue weighted by atomic mass is 10.2. The Morgan fingerprint density at radius 3 is 2.33 bits per heavy atom. The molecule has 0 saturated heterocycles. The Kier molecular flexibility index (Phi) is 4.60. The molecule has 9 heteroatoms. The lowest BCUT2D eigenvalue weighted by molar-refractivity contribution is 0.587. The van der Waals surface area contributed by atoms with E-state index in [1.165, 1.54) is 25.2 Å². The van der Waals surface area contributed by atoms with Crippen LogP contribution in [0.15, 0.2) is 23.1 Å². The van der Waals surface area contributed by atoms with Gasteiger partial charge in [-0.05, 0) is 31.7 Å². The van der Waals surface area contributed by atoms with E-state index < -0.39 is 25.3 Å². The molecule has 0 bridgehead atoms. The SMILES string of the molecule is CNS(=O)(=O)c1cc(NS(=O)(=O)CCl)ccc1C. The maximum absolute atomic E-state index is 11.7. The fourth-order valence-electron chi connectivity index (χ4n) is 1.27. The van der Waals surface area contributed by atoms with E-state index in [-0.39, 0.29) is 10.6 Å². The van der Waals surface area contributed by atoms with Crippen LogP contribution in [0.4, 0.5) is 5.69 Å². The second-order valence-corrected chi connectivity index (χ2v) is 7.68. The van der Waals surface area contributed by atoms with Crippen molar-refractivity contribution >= 4 is 37.3 Å². The molecule has 18 heavy (non-hydrogen) atoms. The number of sulfonamides is 2. The monoisotopic (exact) mass is 312 g/mol. The lowest BCUT2D eigenvalue weighted by Crippen LogP contribution is -2.20. The van der Waals surface area contributed by atoms with E-state index in [9.17, 15) is 16.8 Å². The van der Waals surface area contributed by atoms with Crippen molar-refractivity contribution in [1.82, 2.24) is 4.72 Å². The third-order valence-corrected chi connectivity index (χ3v) is 5.42. The number of rotatable bonds is 5. The van der Waals surface area contributed by atoms with E-state index in [1.54, 1.807) is 6.92 Å². The summed E-state index contributed by atoms with van der Waals surface area (Å²) >= 11 is 5.25. The van der Waals surface area contributed by atoms with E-state index in [4.69, 9.17) is 11.6 Å². The standard InChI is InChI=1S/C9H13ClN2O4S2/c1-7-3-4-8(12-17(13,14)6-10)5-9(7)18(15,16)11-2/h3-5,11-12H,6H2,1-2H3. The van der Waals surface area contributed by atoms with Crippen LogP contribution in [-0.4, -0.2) is 29.1 Å². The van der Waals surface area contributed by atoms with Crippen LogP contribution < -0.4 is 9.44 Å². The van der Waals surface area contributed by atoms with Crippen LogP contribution in [0.25, 0.3) is 0 Å². The molecule has 2 N–H and O–H groups in total. The number of aryl methyl sites for hydroxylation is 1. The van der Waals surface area contributed by atoms with Crippen LogP contribution in [-0.2, 0) is 20.0 Å². The second-order valence-electron chi connectivity index (χ2n) is 3.51. The van der Waals surface area contributed by atoms with Gasteiger partial charge in [0.2, 0.25) is 20.0 Å². The number of alkyl halides is 1. The fraction of sp³-hybridized carbons (Fsp3) is 0.333. The predicted octanol–water partition coefficient (Wildman–Crippen LogP) is 0.841. The highest BCUT2D eigenvalue weighted by Gasteiger charge is 2.16. The first-order valence-corrected chi connectivity index (χ1v) is 8.49. The first-order chi connectivity index (χ1) is 8.22. The Bertz CT molecular complexity index is 641. The van der Waals surface area contributed by atoms with E-state index in [0.29, 0.717) is 5.56 Å². The third kappa shape index (κ3) is 3.58. The van der Waals surface area contributed by atoms with Gasteiger partial charge in [-0.25, -0.2) is 21.6 Å². The molecule has 102 valence electrons. The molecule has 1 rings (SSSR count). The molecule has 0 aliphatic heterocycles. The van der Waals surface area contributed by atoms with Gasteiger partial charge in [-0.2, -0.15) is 0 Å². The van der Waals surface area contributed by atoms with Gasteiger partial charge >= 0.3 is 0 Å². The fourth-order valence-corrected chi connectivity index (χ4v) is 2.97. The Balaban J connectivity index is 3.26. The van der Waals surface area contributed by atoms with Crippen molar-refractivity contribution < 1.29 is 16.8 Å². The summed E-state index contributed by atoms with van der Waals surface area (Å²) in [6, 6.07) is 4.22. The predicted molar refractivity (Wildman–Crippen MR) is 70.7 cm³/mol. The minimum Gasteiger partial charge on any atom is -0.283 e. The van der Waals surface area contributed by atoms with Gasteiger partial charge in [0.25, 0.3) is 0 Å². The summed E-state index contributed by atoms with van der Waals surface area (Å²) in [5, 5.41) is -0.602. The largest absolute Gasteiger partial charge is 0.283 e. The van der Waals surface area contributed by atoms with Crippen molar-refractivity contribution in [2.75, 3.05) is 17.0 Å². The average molecular weight is 313 g/mol. The van der Waals surface area contributed by atoms with Crippen molar-refractivity contribution in [3.8, 4) is 0 Å². The number of halogens is 1. The molecule has 0 atom stereocenters. The summed E-state index contributed by atoms with van der Waals surface area (Å²) in [7, 11) is -6.00. The highest BCUT2D eigenvalue weighted by atomic mass is 35.5. The van der Waals surface area contributed by atoms with E-state index >= 15 is 0 Å². The molecule has 0 saturated carbocycles. The maximum atomic E-state index is 11.7. The first-order valence-electron chi connectivity index (χ1n) is 4.82. The molecule has 0 aromatic heterocycles. The van der Waals surface area contributed by atoms with E-state index in [1.807, 2.05) is 0 Å². The van der Waals surface area contributed by atoms with Crippen LogP contribution in [0.3, 0.4) is 0 Å². The summed E-state index contributed by atoms with van der Waals surface area (Å²) in [4.78, 5) is 0.0137. The number of hydrogen-bond donors (Lipinski definition) is 2. The van der Waals surface area contributed by atoms with Gasteiger partial charge in [-0.3, -0.25) is 4.72 Å². The van der Waals surface area contributed by atoms with Crippen LogP contribution in [0.2, 0.25) is 0 Å². The van der Waals surface area contributed by atoms with Gasteiger partial charge in [0, 0.05) is 5.69 Å². The molecule has 0 aliphatic rings. The highest BCUT2D eigenvalue weighted by molar-refractivity contribution is 7.93. The van der Waals surface area contributed by atoms with Gasteiger partial charge in [-0.15, -0.1) is 11.6 Å². The minimum atomic E-state index is -3.65. The zero-order chi connectivity index (χ0) is 14.0. The number of anilines is 1. The van der Waals surface area contributed by atoms with Crippen molar-refractivity contribution in [2.45, 2.75) is 11.8 Å². The number of benzene rings is 1. The normalized spacial score (nSPS) is 12.4. The van der Waals surface area contributed by atoms with Gasteiger partial charge in [-0.1, -0.05) is 6.07 Å². The highest BCUT2D eigenvalue weighted by Crippen LogP contribution is 2.20. The molecule has 0 aliphatic carbocycles. The topological polar surface area (TPSA) is 92.3 Å². The number of nitrogens with one attached hydrogen (secondary N) is 2. The summed E-state index contributed by atoms with van der Waals surface area (Å²) in [5.74, 6) is 0. The van der Waals surface area contributed by atoms with Gasteiger partial charge < -0.3 is 0 Å². The van der Waals surface area contributed by atoms with Crippen molar-refractivity contribution in [3.05, 3.63) is 23.8 Å². The van der Waals surface area contributed by atoms with Gasteiger partial charge in [0.1, 0.15) is 5.21 Å². The average Bonchev–Trinajstić information content (AvgIpc) is 2.31. The van der Waals surface area contributed by atoms with Crippen molar-refractivity contribution in [1.29, 1.82) is 0 Å². The quantitative estimate of drug-likeness (QED) is 0.788. The molecule has 0 spiro atoms. The molecule has 1 aromatic rings. The van der Waals surface area contributed by atoms with Crippen LogP contribution in [0.5, 0.6) is 0 Å². The summed E-state index contributed by atoms with van der Waals surface area (Å²) < 4.78 is 50.3. The Morgan fingerprint density at radius 2 is 1.83 bits per heavy atom. The zero-order valence-electron chi connectivity index (χ0n) is 9.77. The summed E-state index contributed by atoms with van der Waals surface area (Å²) in [6.45, 7) is 1.62. The molecule has 0 fully saturated rings. The van der Waals surface area contributed by atoms with Crippen LogP contribution in [0, 0.1) is 6.92 Å². The second kappa shape index (κ2) is 5.43. The molecular weight excluding hydrogens is 300 g/mol. The number of hydrogen-bond acceptors (Lipinski definition) is 4. The van der Waals surface area contributed by atoms with Crippen LogP contribution in [0.1, 0.15) is 5.56 Å². The molecule has 0 unspecified atom stereocenters. The maximum Gasteiger partial charge on any atom is 0.246 e. The summed E-state index contributed by atoms with van der Waals surface area (Å²) in [6.07, 6.45) is 0. The van der Waals surface area contributed by atoms with Crippen LogP contribution >= 0.6 is 11.6 Å². The van der Waals surface area contributed by atoms with E-state index in [2.05, 4.69) is 9.44 Å². The summed E-state index contributed by atoms with van der Waals surface area (Å²) in [5.41, 5.74) is 0.660. The smallest absolute Gasteiger partial charge is 0.246 e. The molecule has 6 nitrogen and oxygen atoms in total. The Labute approximate surface area is 111 Å². The van der Waals surface area contributed by atoms with E-state index in [0.717, 1.165) is 0 Å². The van der Waals surface area contributed by atoms with Gasteiger partial charge in [0.15, 0.2) is 0 Å². The minimum absolute atomic E-state index is 0.0137.